The summed E-state index contributed by atoms with van der Waals surface area (Å²) < 4.78 is 1.84. The van der Waals surface area contributed by atoms with Gasteiger partial charge in [0.25, 0.3) is 0 Å². The van der Waals surface area contributed by atoms with E-state index >= 15 is 0 Å². The fraction of sp³-hybridized carbons (Fsp3) is 0.143. The number of imidazole rings is 1. The second kappa shape index (κ2) is 2.60. The molecule has 0 bridgehead atoms. The van der Waals surface area contributed by atoms with Gasteiger partial charge in [0.1, 0.15) is 4.83 Å². The Bertz CT molecular complexity index is 417. The third kappa shape index (κ3) is 1.08. The average Bonchev–Trinajstić information content (AvgIpc) is 2.52. The van der Waals surface area contributed by atoms with Crippen molar-refractivity contribution >= 4 is 28.0 Å². The van der Waals surface area contributed by atoms with Crippen molar-refractivity contribution in [3.05, 3.63) is 17.8 Å². The molecule has 0 aliphatic heterocycles. The number of rotatable bonds is 1. The van der Waals surface area contributed by atoms with Crippen LogP contribution in [0.2, 0.25) is 0 Å². The van der Waals surface area contributed by atoms with Crippen molar-refractivity contribution < 1.29 is 4.79 Å². The summed E-state index contributed by atoms with van der Waals surface area (Å²) in [5, 5.41) is 4.58. The number of aromatic nitrogens is 2. The molecule has 2 rings (SSSR count). The number of hydrogen-bond acceptors (Lipinski definition) is 3. The van der Waals surface area contributed by atoms with Crippen LogP contribution >= 0.6 is 11.3 Å². The van der Waals surface area contributed by atoms with Crippen LogP contribution in [-0.2, 0) is 4.79 Å². The van der Waals surface area contributed by atoms with Gasteiger partial charge in [-0.15, -0.1) is 11.3 Å². The zero-order valence-corrected chi connectivity index (χ0v) is 7.26. The Morgan fingerprint density at radius 3 is 3.33 bits per heavy atom. The Morgan fingerprint density at radius 2 is 2.58 bits per heavy atom. The van der Waals surface area contributed by atoms with E-state index in [0.717, 1.165) is 4.83 Å². The summed E-state index contributed by atoms with van der Waals surface area (Å²) in [5.41, 5.74) is 0. The van der Waals surface area contributed by atoms with Crippen LogP contribution in [0, 0.1) is 0 Å². The molecule has 0 saturated carbocycles. The summed E-state index contributed by atoms with van der Waals surface area (Å²) in [6, 6.07) is 0. The van der Waals surface area contributed by atoms with Crippen molar-refractivity contribution in [1.82, 2.24) is 9.38 Å². The van der Waals surface area contributed by atoms with E-state index in [4.69, 9.17) is 0 Å². The number of thiazole rings is 1. The van der Waals surface area contributed by atoms with Gasteiger partial charge in [0.2, 0.25) is 11.9 Å². The first-order valence-electron chi connectivity index (χ1n) is 3.45. The fourth-order valence-electron chi connectivity index (χ4n) is 0.987. The van der Waals surface area contributed by atoms with Gasteiger partial charge in [-0.2, -0.15) is 0 Å². The molecule has 62 valence electrons. The second-order valence-electron chi connectivity index (χ2n) is 2.37. The van der Waals surface area contributed by atoms with Crippen LogP contribution in [0.5, 0.6) is 0 Å². The molecular formula is C7H7N3OS. The van der Waals surface area contributed by atoms with Gasteiger partial charge in [0.15, 0.2) is 0 Å². The Morgan fingerprint density at radius 1 is 1.75 bits per heavy atom. The number of carbonyl (C=O) groups excluding carboxylic acids is 1. The van der Waals surface area contributed by atoms with Gasteiger partial charge < -0.3 is 0 Å². The summed E-state index contributed by atoms with van der Waals surface area (Å²) in [6.45, 7) is 1.47. The molecule has 0 unspecified atom stereocenters. The minimum Gasteiger partial charge on any atom is -0.296 e. The fourth-order valence-corrected chi connectivity index (χ4v) is 1.68. The molecule has 0 aromatic carbocycles. The number of nitrogens with one attached hydrogen (secondary N) is 1. The molecular weight excluding hydrogens is 174 g/mol. The molecule has 2 heterocycles. The van der Waals surface area contributed by atoms with Gasteiger partial charge in [-0.3, -0.25) is 14.5 Å². The quantitative estimate of drug-likeness (QED) is 0.722. The van der Waals surface area contributed by atoms with E-state index in [1.54, 1.807) is 17.5 Å². The summed E-state index contributed by atoms with van der Waals surface area (Å²) in [6.07, 6.45) is 3.61. The summed E-state index contributed by atoms with van der Waals surface area (Å²) in [4.78, 5) is 15.8. The monoisotopic (exact) mass is 181 g/mol. The van der Waals surface area contributed by atoms with Gasteiger partial charge in [-0.05, 0) is 0 Å². The van der Waals surface area contributed by atoms with Crippen molar-refractivity contribution in [2.45, 2.75) is 6.92 Å². The van der Waals surface area contributed by atoms with E-state index in [2.05, 4.69) is 10.3 Å². The summed E-state index contributed by atoms with van der Waals surface area (Å²) >= 11 is 1.58. The van der Waals surface area contributed by atoms with Gasteiger partial charge in [-0.1, -0.05) is 0 Å². The Kier molecular flexibility index (Phi) is 1.58. The van der Waals surface area contributed by atoms with Crippen molar-refractivity contribution in [3.63, 3.8) is 0 Å². The molecule has 0 radical (unpaired) electrons. The zero-order chi connectivity index (χ0) is 8.55. The maximum absolute atomic E-state index is 10.7. The van der Waals surface area contributed by atoms with Crippen LogP contribution in [0.25, 0.3) is 4.83 Å². The van der Waals surface area contributed by atoms with Gasteiger partial charge in [-0.25, -0.2) is 4.98 Å². The highest BCUT2D eigenvalue weighted by atomic mass is 32.1. The van der Waals surface area contributed by atoms with Gasteiger partial charge in [0.05, 0.1) is 6.20 Å². The van der Waals surface area contributed by atoms with E-state index in [9.17, 15) is 4.79 Å². The van der Waals surface area contributed by atoms with Crippen LogP contribution in [-0.4, -0.2) is 15.3 Å². The van der Waals surface area contributed by atoms with Crippen LogP contribution in [0.4, 0.5) is 5.95 Å². The molecule has 0 aliphatic carbocycles. The smallest absolute Gasteiger partial charge is 0.223 e. The van der Waals surface area contributed by atoms with Crippen LogP contribution in [0.1, 0.15) is 6.92 Å². The van der Waals surface area contributed by atoms with Crippen molar-refractivity contribution in [1.29, 1.82) is 0 Å². The highest BCUT2D eigenvalue weighted by Gasteiger charge is 2.03. The molecule has 0 saturated heterocycles. The molecule has 0 atom stereocenters. The lowest BCUT2D eigenvalue weighted by atomic mass is 10.7. The molecule has 0 fully saturated rings. The third-order valence-electron chi connectivity index (χ3n) is 1.45. The lowest BCUT2D eigenvalue weighted by molar-refractivity contribution is -0.114. The topological polar surface area (TPSA) is 46.4 Å². The lowest BCUT2D eigenvalue weighted by Crippen LogP contribution is -2.08. The standard InChI is InChI=1S/C7H7N3OS/c1-5(11)9-7-8-4-6-10(7)2-3-12-6/h2-4H,1H3,(H,8,9,11). The maximum Gasteiger partial charge on any atom is 0.223 e. The molecule has 2 aromatic rings. The zero-order valence-electron chi connectivity index (χ0n) is 6.44. The largest absolute Gasteiger partial charge is 0.296 e. The van der Waals surface area contributed by atoms with Crippen molar-refractivity contribution in [2.75, 3.05) is 5.32 Å². The minimum atomic E-state index is -0.103. The average molecular weight is 181 g/mol. The molecule has 1 N–H and O–H groups in total. The van der Waals surface area contributed by atoms with E-state index in [-0.39, 0.29) is 5.91 Å². The normalized spacial score (nSPS) is 10.4. The van der Waals surface area contributed by atoms with Gasteiger partial charge >= 0.3 is 0 Å². The van der Waals surface area contributed by atoms with E-state index in [1.165, 1.54) is 6.92 Å². The molecule has 0 aliphatic rings. The van der Waals surface area contributed by atoms with Crippen LogP contribution < -0.4 is 5.32 Å². The highest BCUT2D eigenvalue weighted by molar-refractivity contribution is 7.15. The summed E-state index contributed by atoms with van der Waals surface area (Å²) in [7, 11) is 0. The number of nitrogens with zero attached hydrogens (tertiary/aromatic N) is 2. The Balaban J connectivity index is 2.47. The second-order valence-corrected chi connectivity index (χ2v) is 3.30. The predicted octanol–water partition coefficient (Wildman–Crippen LogP) is 1.35. The van der Waals surface area contributed by atoms with Gasteiger partial charge in [0, 0.05) is 18.5 Å². The number of carbonyl (C=O) groups is 1. The molecule has 0 spiro atoms. The number of hydrogen-bond donors (Lipinski definition) is 1. The van der Waals surface area contributed by atoms with Crippen molar-refractivity contribution in [3.8, 4) is 0 Å². The number of fused-ring (bicyclic) bond motifs is 1. The first-order chi connectivity index (χ1) is 5.77. The van der Waals surface area contributed by atoms with Crippen LogP contribution in [0.15, 0.2) is 17.8 Å². The molecule has 4 nitrogen and oxygen atoms in total. The number of anilines is 1. The van der Waals surface area contributed by atoms with Crippen molar-refractivity contribution in [2.24, 2.45) is 0 Å². The molecule has 1 amide bonds. The predicted molar refractivity (Wildman–Crippen MR) is 47.4 cm³/mol. The maximum atomic E-state index is 10.7. The Hall–Kier alpha value is -1.36. The Labute approximate surface area is 72.9 Å². The van der Waals surface area contributed by atoms with E-state index in [0.29, 0.717) is 5.95 Å². The SMILES string of the molecule is CC(=O)Nc1ncc2sccn12. The van der Waals surface area contributed by atoms with E-state index in [1.807, 2.05) is 16.0 Å². The minimum absolute atomic E-state index is 0.103. The third-order valence-corrected chi connectivity index (χ3v) is 2.25. The number of amides is 1. The molecule has 2 aromatic heterocycles. The molecule has 12 heavy (non-hydrogen) atoms. The highest BCUT2D eigenvalue weighted by Crippen LogP contribution is 2.15. The first kappa shape index (κ1) is 7.30. The molecule has 5 heteroatoms. The van der Waals surface area contributed by atoms with E-state index < -0.39 is 0 Å². The summed E-state index contributed by atoms with van der Waals surface area (Å²) in [5.74, 6) is 0.479. The lowest BCUT2D eigenvalue weighted by Gasteiger charge is -1.96. The first-order valence-corrected chi connectivity index (χ1v) is 4.33. The van der Waals surface area contributed by atoms with Crippen LogP contribution in [0.3, 0.4) is 0 Å².